The van der Waals surface area contributed by atoms with Crippen LogP contribution in [0.25, 0.3) is 0 Å². The maximum Gasteiger partial charge on any atom is 0.226 e. The zero-order valence-electron chi connectivity index (χ0n) is 10.3. The van der Waals surface area contributed by atoms with Gasteiger partial charge in [-0.15, -0.1) is 0 Å². The van der Waals surface area contributed by atoms with Crippen LogP contribution in [0.15, 0.2) is 18.3 Å². The number of amides is 1. The Labute approximate surface area is 101 Å². The Kier molecular flexibility index (Phi) is 5.42. The molecule has 1 amide bonds. The zero-order valence-corrected chi connectivity index (χ0v) is 10.3. The maximum absolute atomic E-state index is 11.5. The molecule has 3 N–H and O–H groups in total. The topological polar surface area (TPSA) is 77.2 Å². The second-order valence-corrected chi connectivity index (χ2v) is 4.03. The summed E-state index contributed by atoms with van der Waals surface area (Å²) in [4.78, 5) is 15.6. The molecule has 0 unspecified atom stereocenters. The summed E-state index contributed by atoms with van der Waals surface area (Å²) in [5.74, 6) is -0.0605. The molecule has 1 aromatic rings. The van der Waals surface area contributed by atoms with E-state index in [0.29, 0.717) is 24.5 Å². The fourth-order valence-electron chi connectivity index (χ4n) is 1.25. The van der Waals surface area contributed by atoms with E-state index >= 15 is 0 Å². The van der Waals surface area contributed by atoms with Crippen molar-refractivity contribution in [3.05, 3.63) is 24.0 Å². The van der Waals surface area contributed by atoms with Crippen molar-refractivity contribution in [3.8, 4) is 0 Å². The molecule has 1 rings (SSSR count). The summed E-state index contributed by atoms with van der Waals surface area (Å²) < 4.78 is 5.31. The molecule has 1 heterocycles. The summed E-state index contributed by atoms with van der Waals surface area (Å²) in [5.41, 5.74) is 6.81. The van der Waals surface area contributed by atoms with Crippen LogP contribution in [0.4, 0.5) is 5.69 Å². The van der Waals surface area contributed by atoms with Crippen molar-refractivity contribution in [1.29, 1.82) is 0 Å². The molecular formula is C12H19N3O2. The third-order valence-corrected chi connectivity index (χ3v) is 2.06. The highest BCUT2D eigenvalue weighted by Gasteiger charge is 2.03. The number of rotatable bonds is 6. The van der Waals surface area contributed by atoms with Crippen molar-refractivity contribution >= 4 is 11.6 Å². The van der Waals surface area contributed by atoms with E-state index in [-0.39, 0.29) is 18.4 Å². The first-order valence-electron chi connectivity index (χ1n) is 5.66. The number of carbonyl (C=O) groups is 1. The number of pyridine rings is 1. The summed E-state index contributed by atoms with van der Waals surface area (Å²) in [6.07, 6.45) is 2.00. The molecule has 0 spiro atoms. The van der Waals surface area contributed by atoms with Gasteiger partial charge in [-0.1, -0.05) is 0 Å². The van der Waals surface area contributed by atoms with Crippen LogP contribution in [0.2, 0.25) is 0 Å². The zero-order chi connectivity index (χ0) is 12.7. The van der Waals surface area contributed by atoms with Crippen LogP contribution in [0.3, 0.4) is 0 Å². The molecule has 0 radical (unpaired) electrons. The Hall–Kier alpha value is -1.62. The quantitative estimate of drug-likeness (QED) is 0.716. The number of nitrogens with one attached hydrogen (secondary N) is 1. The van der Waals surface area contributed by atoms with E-state index in [1.54, 1.807) is 18.3 Å². The van der Waals surface area contributed by atoms with Gasteiger partial charge in [0.15, 0.2) is 0 Å². The molecule has 0 aromatic carbocycles. The predicted octanol–water partition coefficient (Wildman–Crippen LogP) is 0.747. The monoisotopic (exact) mass is 237 g/mol. The van der Waals surface area contributed by atoms with Crippen LogP contribution in [-0.2, 0) is 16.0 Å². The first-order chi connectivity index (χ1) is 8.08. The smallest absolute Gasteiger partial charge is 0.226 e. The summed E-state index contributed by atoms with van der Waals surface area (Å²) in [7, 11) is 0. The molecule has 0 bridgehead atoms. The second-order valence-electron chi connectivity index (χ2n) is 4.03. The number of nitrogen functional groups attached to an aromatic ring is 1. The lowest BCUT2D eigenvalue weighted by Crippen LogP contribution is -2.29. The number of aromatic nitrogens is 1. The van der Waals surface area contributed by atoms with Crippen LogP contribution in [0.5, 0.6) is 0 Å². The van der Waals surface area contributed by atoms with Crippen molar-refractivity contribution in [3.63, 3.8) is 0 Å². The van der Waals surface area contributed by atoms with Crippen LogP contribution in [0.1, 0.15) is 19.5 Å². The number of ether oxygens (including phenoxy) is 1. The fraction of sp³-hybridized carbons (Fsp3) is 0.500. The minimum absolute atomic E-state index is 0.0605. The van der Waals surface area contributed by atoms with Gasteiger partial charge in [-0.25, -0.2) is 0 Å². The van der Waals surface area contributed by atoms with E-state index in [0.717, 1.165) is 0 Å². The van der Waals surface area contributed by atoms with Crippen molar-refractivity contribution in [2.45, 2.75) is 26.4 Å². The van der Waals surface area contributed by atoms with E-state index in [1.807, 2.05) is 13.8 Å². The number of nitrogens with zero attached hydrogens (tertiary/aromatic N) is 1. The molecule has 0 aliphatic rings. The normalized spacial score (nSPS) is 10.5. The number of hydrogen-bond acceptors (Lipinski definition) is 4. The first-order valence-corrected chi connectivity index (χ1v) is 5.66. The molecule has 0 fully saturated rings. The Morgan fingerprint density at radius 1 is 1.53 bits per heavy atom. The van der Waals surface area contributed by atoms with Crippen molar-refractivity contribution in [1.82, 2.24) is 10.3 Å². The minimum atomic E-state index is -0.0605. The van der Waals surface area contributed by atoms with E-state index in [2.05, 4.69) is 10.3 Å². The number of carbonyl (C=O) groups excluding carboxylic acids is 1. The molecule has 0 aliphatic carbocycles. The van der Waals surface area contributed by atoms with E-state index in [9.17, 15) is 4.79 Å². The predicted molar refractivity (Wildman–Crippen MR) is 66.5 cm³/mol. The lowest BCUT2D eigenvalue weighted by Gasteiger charge is -2.08. The largest absolute Gasteiger partial charge is 0.397 e. The van der Waals surface area contributed by atoms with Crippen LogP contribution < -0.4 is 11.1 Å². The van der Waals surface area contributed by atoms with E-state index in [1.165, 1.54) is 0 Å². The van der Waals surface area contributed by atoms with E-state index < -0.39 is 0 Å². The molecule has 5 nitrogen and oxygen atoms in total. The van der Waals surface area contributed by atoms with Gasteiger partial charge in [0.2, 0.25) is 5.91 Å². The van der Waals surface area contributed by atoms with Gasteiger partial charge in [0.1, 0.15) is 0 Å². The standard InChI is InChI=1S/C12H19N3O2/c1-9(2)17-6-5-14-12(16)7-11-4-3-10(13)8-15-11/h3-4,8-9H,5-7,13H2,1-2H3,(H,14,16). The van der Waals surface area contributed by atoms with E-state index in [4.69, 9.17) is 10.5 Å². The molecule has 0 aliphatic heterocycles. The lowest BCUT2D eigenvalue weighted by molar-refractivity contribution is -0.120. The Morgan fingerprint density at radius 3 is 2.88 bits per heavy atom. The van der Waals surface area contributed by atoms with Gasteiger partial charge in [0.05, 0.1) is 31.0 Å². The van der Waals surface area contributed by atoms with Crippen LogP contribution in [-0.4, -0.2) is 30.1 Å². The number of anilines is 1. The SMILES string of the molecule is CC(C)OCCNC(=O)Cc1ccc(N)cn1. The summed E-state index contributed by atoms with van der Waals surface area (Å²) >= 11 is 0. The minimum Gasteiger partial charge on any atom is -0.397 e. The second kappa shape index (κ2) is 6.85. The highest BCUT2D eigenvalue weighted by atomic mass is 16.5. The summed E-state index contributed by atoms with van der Waals surface area (Å²) in [6, 6.07) is 3.48. The van der Waals surface area contributed by atoms with Gasteiger partial charge in [-0.2, -0.15) is 0 Å². The summed E-state index contributed by atoms with van der Waals surface area (Å²) in [6.45, 7) is 4.96. The maximum atomic E-state index is 11.5. The van der Waals surface area contributed by atoms with Crippen molar-refractivity contribution < 1.29 is 9.53 Å². The molecule has 0 saturated heterocycles. The Bertz CT molecular complexity index is 349. The highest BCUT2D eigenvalue weighted by Crippen LogP contribution is 2.01. The molecule has 17 heavy (non-hydrogen) atoms. The van der Waals surface area contributed by atoms with Gasteiger partial charge in [-0.05, 0) is 26.0 Å². The summed E-state index contributed by atoms with van der Waals surface area (Å²) in [5, 5.41) is 2.77. The molecule has 0 atom stereocenters. The third kappa shape index (κ3) is 5.87. The first kappa shape index (κ1) is 13.4. The molecule has 1 aromatic heterocycles. The molecule has 5 heteroatoms. The molecule has 94 valence electrons. The number of hydrogen-bond donors (Lipinski definition) is 2. The fourth-order valence-corrected chi connectivity index (χ4v) is 1.25. The van der Waals surface area contributed by atoms with Gasteiger partial charge in [0, 0.05) is 12.2 Å². The Morgan fingerprint density at radius 2 is 2.29 bits per heavy atom. The number of nitrogens with two attached hydrogens (primary N) is 1. The van der Waals surface area contributed by atoms with Gasteiger partial charge in [-0.3, -0.25) is 9.78 Å². The lowest BCUT2D eigenvalue weighted by atomic mass is 10.2. The highest BCUT2D eigenvalue weighted by molar-refractivity contribution is 5.78. The average Bonchev–Trinajstić information content (AvgIpc) is 2.27. The van der Waals surface area contributed by atoms with Crippen LogP contribution in [0, 0.1) is 0 Å². The van der Waals surface area contributed by atoms with Crippen molar-refractivity contribution in [2.75, 3.05) is 18.9 Å². The third-order valence-electron chi connectivity index (χ3n) is 2.06. The Balaban J connectivity index is 2.23. The molecule has 0 saturated carbocycles. The molecular weight excluding hydrogens is 218 g/mol. The van der Waals surface area contributed by atoms with Gasteiger partial charge in [0.25, 0.3) is 0 Å². The van der Waals surface area contributed by atoms with Gasteiger partial charge >= 0.3 is 0 Å². The van der Waals surface area contributed by atoms with Gasteiger partial charge < -0.3 is 15.8 Å². The van der Waals surface area contributed by atoms with Crippen LogP contribution >= 0.6 is 0 Å². The average molecular weight is 237 g/mol. The van der Waals surface area contributed by atoms with Crippen molar-refractivity contribution in [2.24, 2.45) is 0 Å².